The molecule has 0 aliphatic rings. The zero-order valence-corrected chi connectivity index (χ0v) is 23.8. The van der Waals surface area contributed by atoms with Crippen LogP contribution in [0.1, 0.15) is 34.0 Å². The van der Waals surface area contributed by atoms with E-state index in [1.54, 1.807) is 32.2 Å². The first-order valence-corrected chi connectivity index (χ1v) is 13.3. The molecule has 0 bridgehead atoms. The highest BCUT2D eigenvalue weighted by Gasteiger charge is 2.32. The molecule has 4 N–H and O–H groups in total. The van der Waals surface area contributed by atoms with E-state index in [-0.39, 0.29) is 12.3 Å². The standard InChI is InChI=1S/C29H22F4N6O2.C2H6O/c1-16-4-3-5-21(10-16)36-25-23-8-9-39(26(23)35-15-34-25)28(41)38-24-14-22(7-6-17(24)2)37-27(40)18-11-19(29(31,32)33)13-20(30)12-18;1-2-3/h3-15H,1-2H3,(H,37,40)(H,38,41)(H,34,35,36);3H,2H2,1H3. The molecule has 2 heterocycles. The molecule has 44 heavy (non-hydrogen) atoms. The fraction of sp³-hybridized carbons (Fsp3) is 0.161. The zero-order valence-electron chi connectivity index (χ0n) is 23.8. The number of carbonyl (C=O) groups excluding carboxylic acids is 2. The molecule has 0 radical (unpaired) electrons. The topological polar surface area (TPSA) is 121 Å². The normalized spacial score (nSPS) is 11.0. The van der Waals surface area contributed by atoms with Crippen LogP contribution in [0.25, 0.3) is 11.0 Å². The lowest BCUT2D eigenvalue weighted by atomic mass is 10.1. The van der Waals surface area contributed by atoms with Crippen LogP contribution < -0.4 is 16.0 Å². The summed E-state index contributed by atoms with van der Waals surface area (Å²) in [5.74, 6) is -1.63. The van der Waals surface area contributed by atoms with Crippen LogP contribution in [0.5, 0.6) is 0 Å². The number of aliphatic hydroxyl groups is 1. The Morgan fingerprint density at radius 3 is 2.39 bits per heavy atom. The van der Waals surface area contributed by atoms with Gasteiger partial charge in [0.25, 0.3) is 5.91 Å². The lowest BCUT2D eigenvalue weighted by Gasteiger charge is -2.13. The average Bonchev–Trinajstić information content (AvgIpc) is 3.40. The molecule has 9 nitrogen and oxygen atoms in total. The number of nitrogens with one attached hydrogen (secondary N) is 3. The number of hydrogen-bond donors (Lipinski definition) is 4. The number of alkyl halides is 3. The van der Waals surface area contributed by atoms with E-state index in [2.05, 4.69) is 25.9 Å². The molecule has 0 saturated carbocycles. The second kappa shape index (κ2) is 13.3. The molecule has 5 rings (SSSR count). The molecular weight excluding hydrogens is 580 g/mol. The number of nitrogens with zero attached hydrogens (tertiary/aromatic N) is 3. The lowest BCUT2D eigenvalue weighted by Crippen LogP contribution is -2.20. The van der Waals surface area contributed by atoms with Crippen molar-refractivity contribution in [3.05, 3.63) is 107 Å². The maximum absolute atomic E-state index is 13.8. The van der Waals surface area contributed by atoms with Crippen molar-refractivity contribution < 1.29 is 32.3 Å². The Morgan fingerprint density at radius 2 is 1.68 bits per heavy atom. The Balaban J connectivity index is 0.00000141. The van der Waals surface area contributed by atoms with Crippen LogP contribution >= 0.6 is 0 Å². The van der Waals surface area contributed by atoms with Crippen molar-refractivity contribution >= 4 is 45.9 Å². The zero-order chi connectivity index (χ0) is 32.0. The SMILES string of the molecule is CCO.Cc1cccc(Nc2ncnc3c2ccn3C(=O)Nc2cc(NC(=O)c3cc(F)cc(C(F)(F)F)c3)ccc2C)c1. The van der Waals surface area contributed by atoms with Gasteiger partial charge in [-0.05, 0) is 80.4 Å². The predicted molar refractivity (Wildman–Crippen MR) is 160 cm³/mol. The number of aromatic nitrogens is 3. The number of hydrogen-bond acceptors (Lipinski definition) is 6. The van der Waals surface area contributed by atoms with Crippen molar-refractivity contribution in [1.29, 1.82) is 0 Å². The first-order valence-electron chi connectivity index (χ1n) is 13.3. The van der Waals surface area contributed by atoms with E-state index in [1.807, 2.05) is 31.2 Å². The maximum Gasteiger partial charge on any atom is 0.416 e. The molecule has 228 valence electrons. The van der Waals surface area contributed by atoms with Crippen LogP contribution in [0, 0.1) is 19.7 Å². The summed E-state index contributed by atoms with van der Waals surface area (Å²) in [6, 6.07) is 15.0. The van der Waals surface area contributed by atoms with Crippen molar-refractivity contribution in [2.45, 2.75) is 26.9 Å². The molecule has 0 aliphatic carbocycles. The number of aliphatic hydroxyl groups excluding tert-OH is 1. The Kier molecular flexibility index (Phi) is 9.59. The molecule has 0 saturated heterocycles. The third-order valence-electron chi connectivity index (χ3n) is 6.21. The molecule has 0 fully saturated rings. The highest BCUT2D eigenvalue weighted by atomic mass is 19.4. The van der Waals surface area contributed by atoms with Gasteiger partial charge in [0.15, 0.2) is 5.65 Å². The number of anilines is 4. The minimum atomic E-state index is -4.82. The van der Waals surface area contributed by atoms with Crippen LogP contribution in [-0.4, -0.2) is 38.2 Å². The number of rotatable bonds is 5. The van der Waals surface area contributed by atoms with Gasteiger partial charge >= 0.3 is 12.2 Å². The van der Waals surface area contributed by atoms with Crippen molar-refractivity contribution in [2.75, 3.05) is 22.6 Å². The van der Waals surface area contributed by atoms with Crippen molar-refractivity contribution in [1.82, 2.24) is 14.5 Å². The van der Waals surface area contributed by atoms with Crippen LogP contribution in [0.4, 0.5) is 45.2 Å². The molecule has 0 spiro atoms. The van der Waals surface area contributed by atoms with E-state index >= 15 is 0 Å². The second-order valence-electron chi connectivity index (χ2n) is 9.60. The van der Waals surface area contributed by atoms with E-state index in [4.69, 9.17) is 5.11 Å². The molecule has 0 aliphatic heterocycles. The van der Waals surface area contributed by atoms with E-state index in [1.165, 1.54) is 23.0 Å². The van der Waals surface area contributed by atoms with Crippen molar-refractivity contribution in [2.24, 2.45) is 0 Å². The van der Waals surface area contributed by atoms with Gasteiger partial charge in [-0.2, -0.15) is 13.2 Å². The summed E-state index contributed by atoms with van der Waals surface area (Å²) in [7, 11) is 0. The van der Waals surface area contributed by atoms with Crippen LogP contribution in [0.3, 0.4) is 0 Å². The third kappa shape index (κ3) is 7.55. The molecule has 5 aromatic rings. The van der Waals surface area contributed by atoms with Gasteiger partial charge < -0.3 is 21.1 Å². The van der Waals surface area contributed by atoms with Gasteiger partial charge in [-0.15, -0.1) is 0 Å². The summed E-state index contributed by atoms with van der Waals surface area (Å²) in [4.78, 5) is 34.4. The largest absolute Gasteiger partial charge is 0.416 e. The number of halogens is 4. The van der Waals surface area contributed by atoms with Crippen LogP contribution in [0.2, 0.25) is 0 Å². The smallest absolute Gasteiger partial charge is 0.397 e. The minimum absolute atomic E-state index is 0.179. The van der Waals surface area contributed by atoms with Gasteiger partial charge in [-0.1, -0.05) is 18.2 Å². The molecular formula is C31H28F4N6O3. The predicted octanol–water partition coefficient (Wildman–Crippen LogP) is 7.28. The highest BCUT2D eigenvalue weighted by molar-refractivity contribution is 6.05. The Morgan fingerprint density at radius 1 is 0.932 bits per heavy atom. The fourth-order valence-corrected chi connectivity index (χ4v) is 4.17. The Labute approximate surface area is 249 Å². The first-order chi connectivity index (χ1) is 20.9. The van der Waals surface area contributed by atoms with Gasteiger partial charge in [0.1, 0.15) is 18.0 Å². The van der Waals surface area contributed by atoms with Crippen molar-refractivity contribution in [3.63, 3.8) is 0 Å². The summed E-state index contributed by atoms with van der Waals surface area (Å²) in [5, 5.41) is 16.6. The average molecular weight is 609 g/mol. The lowest BCUT2D eigenvalue weighted by molar-refractivity contribution is -0.137. The van der Waals surface area contributed by atoms with Crippen LogP contribution in [0.15, 0.2) is 79.3 Å². The highest BCUT2D eigenvalue weighted by Crippen LogP contribution is 2.31. The van der Waals surface area contributed by atoms with Gasteiger partial charge in [0, 0.05) is 35.4 Å². The summed E-state index contributed by atoms with van der Waals surface area (Å²) in [6.45, 7) is 5.62. The molecule has 2 amide bonds. The monoisotopic (exact) mass is 608 g/mol. The third-order valence-corrected chi connectivity index (χ3v) is 6.21. The van der Waals surface area contributed by atoms with E-state index in [0.29, 0.717) is 46.3 Å². The van der Waals surface area contributed by atoms with E-state index in [0.717, 1.165) is 11.3 Å². The van der Waals surface area contributed by atoms with Gasteiger partial charge in [0.05, 0.1) is 10.9 Å². The molecule has 0 atom stereocenters. The van der Waals surface area contributed by atoms with E-state index < -0.39 is 35.1 Å². The quantitative estimate of drug-likeness (QED) is 0.156. The van der Waals surface area contributed by atoms with Gasteiger partial charge in [0.2, 0.25) is 0 Å². The minimum Gasteiger partial charge on any atom is -0.397 e. The number of benzene rings is 3. The van der Waals surface area contributed by atoms with E-state index in [9.17, 15) is 27.2 Å². The number of amides is 2. The summed E-state index contributed by atoms with van der Waals surface area (Å²) in [6.07, 6.45) is -1.94. The van der Waals surface area contributed by atoms with Crippen LogP contribution in [-0.2, 0) is 6.18 Å². The number of aryl methyl sites for hydroxylation is 2. The number of carbonyl (C=O) groups is 2. The molecule has 13 heteroatoms. The Hall–Kier alpha value is -5.30. The molecule has 0 unspecified atom stereocenters. The second-order valence-corrected chi connectivity index (χ2v) is 9.60. The van der Waals surface area contributed by atoms with Gasteiger partial charge in [-0.3, -0.25) is 9.36 Å². The van der Waals surface area contributed by atoms with Crippen molar-refractivity contribution in [3.8, 4) is 0 Å². The van der Waals surface area contributed by atoms with Gasteiger partial charge in [-0.25, -0.2) is 19.2 Å². The Bertz CT molecular complexity index is 1820. The summed E-state index contributed by atoms with van der Waals surface area (Å²) < 4.78 is 54.2. The fourth-order valence-electron chi connectivity index (χ4n) is 4.17. The first kappa shape index (κ1) is 31.6. The summed E-state index contributed by atoms with van der Waals surface area (Å²) >= 11 is 0. The number of fused-ring (bicyclic) bond motifs is 1. The molecule has 3 aromatic carbocycles. The molecule has 2 aromatic heterocycles. The maximum atomic E-state index is 13.8. The summed E-state index contributed by atoms with van der Waals surface area (Å²) in [5.41, 5.74) is 1.61.